The van der Waals surface area contributed by atoms with E-state index in [0.29, 0.717) is 5.75 Å². The molecule has 0 aliphatic carbocycles. The second kappa shape index (κ2) is 6.40. The molecule has 1 aromatic rings. The number of hydrogen-bond acceptors (Lipinski definition) is 4. The van der Waals surface area contributed by atoms with E-state index in [2.05, 4.69) is 10.3 Å². The number of aliphatic imine (C=N–C) groups is 1. The minimum absolute atomic E-state index is 0. The monoisotopic (exact) mass is 268 g/mol. The molecular formula is C13H17ClN2O2. The quantitative estimate of drug-likeness (QED) is 0.663. The molecule has 0 saturated heterocycles. The van der Waals surface area contributed by atoms with E-state index in [4.69, 9.17) is 4.74 Å². The van der Waals surface area contributed by atoms with Crippen LogP contribution >= 0.6 is 12.4 Å². The Morgan fingerprint density at radius 2 is 2.22 bits per heavy atom. The molecule has 0 aromatic heterocycles. The van der Waals surface area contributed by atoms with Crippen molar-refractivity contribution >= 4 is 29.9 Å². The number of ether oxygens (including phenoxy) is 1. The van der Waals surface area contributed by atoms with Gasteiger partial charge in [0, 0.05) is 31.1 Å². The molecule has 98 valence electrons. The van der Waals surface area contributed by atoms with Crippen LogP contribution in [0.1, 0.15) is 25.3 Å². The summed E-state index contributed by atoms with van der Waals surface area (Å²) in [5, 5.41) is 3.28. The largest absolute Gasteiger partial charge is 0.426 e. The zero-order valence-corrected chi connectivity index (χ0v) is 11.3. The number of benzene rings is 1. The van der Waals surface area contributed by atoms with E-state index >= 15 is 0 Å². The highest BCUT2D eigenvalue weighted by atomic mass is 35.5. The van der Waals surface area contributed by atoms with Crippen LogP contribution in [0.25, 0.3) is 0 Å². The highest BCUT2D eigenvalue weighted by Crippen LogP contribution is 2.26. The second-order valence-electron chi connectivity index (χ2n) is 4.08. The Hall–Kier alpha value is -1.55. The molecule has 0 radical (unpaired) electrons. The van der Waals surface area contributed by atoms with E-state index < -0.39 is 0 Å². The van der Waals surface area contributed by atoms with E-state index in [-0.39, 0.29) is 18.4 Å². The Balaban J connectivity index is 0.00000162. The van der Waals surface area contributed by atoms with Gasteiger partial charge in [-0.15, -0.1) is 12.4 Å². The van der Waals surface area contributed by atoms with Gasteiger partial charge < -0.3 is 10.1 Å². The van der Waals surface area contributed by atoms with Gasteiger partial charge >= 0.3 is 5.97 Å². The molecule has 0 amide bonds. The topological polar surface area (TPSA) is 50.7 Å². The molecule has 0 bridgehead atoms. The van der Waals surface area contributed by atoms with Crippen molar-refractivity contribution < 1.29 is 9.53 Å². The van der Waals surface area contributed by atoms with E-state index in [1.165, 1.54) is 6.92 Å². The first kappa shape index (κ1) is 14.5. The van der Waals surface area contributed by atoms with Crippen molar-refractivity contribution in [3.05, 3.63) is 23.8 Å². The van der Waals surface area contributed by atoms with E-state index in [9.17, 15) is 4.79 Å². The molecule has 0 spiro atoms. The Labute approximate surface area is 113 Å². The highest BCUT2D eigenvalue weighted by Gasteiger charge is 2.10. The fourth-order valence-electron chi connectivity index (χ4n) is 1.81. The Morgan fingerprint density at radius 3 is 2.83 bits per heavy atom. The lowest BCUT2D eigenvalue weighted by atomic mass is 10.1. The third kappa shape index (κ3) is 3.47. The van der Waals surface area contributed by atoms with E-state index in [0.717, 1.165) is 36.5 Å². The number of anilines is 1. The molecule has 18 heavy (non-hydrogen) atoms. The maximum Gasteiger partial charge on any atom is 0.308 e. The minimum atomic E-state index is -0.302. The minimum Gasteiger partial charge on any atom is -0.426 e. The lowest BCUT2D eigenvalue weighted by Crippen LogP contribution is -2.10. The maximum atomic E-state index is 11.0. The number of rotatable bonds is 2. The van der Waals surface area contributed by atoms with Gasteiger partial charge in [-0.2, -0.15) is 0 Å². The zero-order valence-electron chi connectivity index (χ0n) is 10.5. The summed E-state index contributed by atoms with van der Waals surface area (Å²) in [4.78, 5) is 15.3. The fourth-order valence-corrected chi connectivity index (χ4v) is 1.81. The zero-order chi connectivity index (χ0) is 12.3. The summed E-state index contributed by atoms with van der Waals surface area (Å²) >= 11 is 0. The summed E-state index contributed by atoms with van der Waals surface area (Å²) in [6.45, 7) is 4.22. The molecule has 2 rings (SSSR count). The summed E-state index contributed by atoms with van der Waals surface area (Å²) in [5.74, 6) is 1.30. The van der Waals surface area contributed by atoms with Crippen LogP contribution in [0.4, 0.5) is 5.69 Å². The fraction of sp³-hybridized carbons (Fsp3) is 0.385. The number of amidine groups is 1. The van der Waals surface area contributed by atoms with Crippen molar-refractivity contribution in [2.24, 2.45) is 4.99 Å². The van der Waals surface area contributed by atoms with E-state index in [1.54, 1.807) is 6.07 Å². The van der Waals surface area contributed by atoms with Crippen LogP contribution in [0.3, 0.4) is 0 Å². The summed E-state index contributed by atoms with van der Waals surface area (Å²) < 4.78 is 5.13. The average Bonchev–Trinajstić information content (AvgIpc) is 2.76. The highest BCUT2D eigenvalue weighted by molar-refractivity contribution is 5.97. The van der Waals surface area contributed by atoms with Gasteiger partial charge in [0.2, 0.25) is 0 Å². The first-order chi connectivity index (χ1) is 8.16. The molecule has 0 fully saturated rings. The molecule has 1 aliphatic heterocycles. The van der Waals surface area contributed by atoms with Crippen LogP contribution < -0.4 is 10.1 Å². The van der Waals surface area contributed by atoms with Crippen LogP contribution in [-0.2, 0) is 4.79 Å². The lowest BCUT2D eigenvalue weighted by Gasteiger charge is -2.12. The summed E-state index contributed by atoms with van der Waals surface area (Å²) in [6.07, 6.45) is 2.09. The standard InChI is InChI=1S/C13H16N2O2.ClH/c1-9-11(15-13-7-4-8-14-13)5-3-6-12(9)17-10(2)16;/h3,5-6H,4,7-8H2,1-2H3,(H,14,15);1H. The van der Waals surface area contributed by atoms with Crippen molar-refractivity contribution in [1.29, 1.82) is 0 Å². The van der Waals surface area contributed by atoms with Gasteiger partial charge in [-0.3, -0.25) is 9.79 Å². The number of nitrogens with zero attached hydrogens (tertiary/aromatic N) is 1. The molecule has 1 aliphatic rings. The smallest absolute Gasteiger partial charge is 0.308 e. The van der Waals surface area contributed by atoms with Crippen LogP contribution in [0.2, 0.25) is 0 Å². The van der Waals surface area contributed by atoms with Gasteiger partial charge in [0.05, 0.1) is 0 Å². The van der Waals surface area contributed by atoms with E-state index in [1.807, 2.05) is 19.1 Å². The predicted octanol–water partition coefficient (Wildman–Crippen LogP) is 2.95. The molecule has 0 atom stereocenters. The summed E-state index contributed by atoms with van der Waals surface area (Å²) in [6, 6.07) is 5.62. The number of halogens is 1. The van der Waals surface area contributed by atoms with Crippen LogP contribution in [0.15, 0.2) is 23.2 Å². The van der Waals surface area contributed by atoms with Gasteiger partial charge in [0.25, 0.3) is 0 Å². The van der Waals surface area contributed by atoms with Crippen molar-refractivity contribution in [3.63, 3.8) is 0 Å². The van der Waals surface area contributed by atoms with Gasteiger partial charge in [0.1, 0.15) is 11.6 Å². The predicted molar refractivity (Wildman–Crippen MR) is 74.9 cm³/mol. The third-order valence-corrected chi connectivity index (χ3v) is 2.69. The number of carbonyl (C=O) groups excluding carboxylic acids is 1. The Morgan fingerprint density at radius 1 is 1.44 bits per heavy atom. The number of esters is 1. The Kier molecular flexibility index (Phi) is 5.16. The number of hydrogen-bond donors (Lipinski definition) is 1. The third-order valence-electron chi connectivity index (χ3n) is 2.69. The van der Waals surface area contributed by atoms with Crippen molar-refractivity contribution in [2.75, 3.05) is 11.9 Å². The summed E-state index contributed by atoms with van der Waals surface area (Å²) in [7, 11) is 0. The molecule has 1 N–H and O–H groups in total. The van der Waals surface area contributed by atoms with Crippen LogP contribution in [-0.4, -0.2) is 18.3 Å². The molecule has 1 heterocycles. The molecular weight excluding hydrogens is 252 g/mol. The summed E-state index contributed by atoms with van der Waals surface area (Å²) in [5.41, 5.74) is 1.88. The van der Waals surface area contributed by atoms with Gasteiger partial charge in [-0.05, 0) is 25.5 Å². The molecule has 0 saturated carbocycles. The average molecular weight is 269 g/mol. The van der Waals surface area contributed by atoms with Crippen molar-refractivity contribution in [1.82, 2.24) is 0 Å². The molecule has 5 heteroatoms. The first-order valence-corrected chi connectivity index (χ1v) is 5.75. The number of carbonyl (C=O) groups is 1. The Bertz CT molecular complexity index is 472. The van der Waals surface area contributed by atoms with Crippen LogP contribution in [0, 0.1) is 6.92 Å². The molecule has 0 unspecified atom stereocenters. The van der Waals surface area contributed by atoms with Crippen molar-refractivity contribution in [2.45, 2.75) is 26.7 Å². The lowest BCUT2D eigenvalue weighted by molar-refractivity contribution is -0.131. The second-order valence-corrected chi connectivity index (χ2v) is 4.08. The van der Waals surface area contributed by atoms with Gasteiger partial charge in [-0.25, -0.2) is 0 Å². The van der Waals surface area contributed by atoms with Crippen LogP contribution in [0.5, 0.6) is 5.75 Å². The molecule has 4 nitrogen and oxygen atoms in total. The number of nitrogens with one attached hydrogen (secondary N) is 1. The van der Waals surface area contributed by atoms with Crippen molar-refractivity contribution in [3.8, 4) is 5.75 Å². The van der Waals surface area contributed by atoms with Gasteiger partial charge in [-0.1, -0.05) is 6.07 Å². The first-order valence-electron chi connectivity index (χ1n) is 5.75. The maximum absolute atomic E-state index is 11.0. The molecule has 1 aromatic carbocycles. The normalized spacial score (nSPS) is 13.6. The SMILES string of the molecule is CC(=O)Oc1cccc(NC2=NCCC2)c1C.Cl. The van der Waals surface area contributed by atoms with Gasteiger partial charge in [0.15, 0.2) is 0 Å².